The molecule has 1 atom stereocenters. The molecule has 10 nitrogen and oxygen atoms in total. The molecule has 1 heterocycles. The lowest BCUT2D eigenvalue weighted by atomic mass is 10.00. The number of ether oxygens (including phenoxy) is 2. The summed E-state index contributed by atoms with van der Waals surface area (Å²) in [6.07, 6.45) is 0. The minimum Gasteiger partial charge on any atom is -0.493 e. The fourth-order valence-corrected chi connectivity index (χ4v) is 5.24. The average Bonchev–Trinajstić information content (AvgIpc) is 3.36. The molecule has 0 saturated carbocycles. The number of hydrogen-bond donors (Lipinski definition) is 3. The molecule has 4 rings (SSSR count). The molecule has 0 fully saturated rings. The summed E-state index contributed by atoms with van der Waals surface area (Å²) in [4.78, 5) is 41.7. The number of anilines is 2. The number of nitrogen functional groups attached to an aromatic ring is 1. The van der Waals surface area contributed by atoms with Crippen LogP contribution in [0.4, 0.5) is 11.4 Å². The van der Waals surface area contributed by atoms with E-state index in [0.29, 0.717) is 22.7 Å². The number of nitrogens with two attached hydrogens (primary N) is 2. The fourth-order valence-electron chi connectivity index (χ4n) is 4.50. The van der Waals surface area contributed by atoms with Crippen LogP contribution in [-0.2, 0) is 11.3 Å². The summed E-state index contributed by atoms with van der Waals surface area (Å²) in [6, 6.07) is 18.8. The van der Waals surface area contributed by atoms with Gasteiger partial charge < -0.3 is 26.3 Å². The number of aryl methyl sites for hydroxylation is 2. The lowest BCUT2D eigenvalue weighted by Gasteiger charge is -2.32. The molecule has 4 aromatic rings. The van der Waals surface area contributed by atoms with Gasteiger partial charge in [0.15, 0.2) is 17.2 Å². The SMILES string of the molecule is COc1ccc([C@H](C(=O)NCc2ccccc2)N(C(=O)c2snc(C(N)=O)c2N)c2ccc(C)cc2C)cc1OC. The molecule has 5 N–H and O–H groups in total. The maximum Gasteiger partial charge on any atom is 0.273 e. The highest BCUT2D eigenvalue weighted by molar-refractivity contribution is 7.09. The molecule has 0 aliphatic carbocycles. The highest BCUT2D eigenvalue weighted by Gasteiger charge is 2.37. The van der Waals surface area contributed by atoms with Gasteiger partial charge in [-0.25, -0.2) is 0 Å². The van der Waals surface area contributed by atoms with E-state index in [0.717, 1.165) is 28.2 Å². The Morgan fingerprint density at radius 3 is 2.29 bits per heavy atom. The van der Waals surface area contributed by atoms with E-state index in [1.807, 2.05) is 56.3 Å². The van der Waals surface area contributed by atoms with E-state index in [1.165, 1.54) is 19.1 Å². The van der Waals surface area contributed by atoms with Crippen LogP contribution in [0.15, 0.2) is 66.7 Å². The van der Waals surface area contributed by atoms with Crippen LogP contribution in [0.3, 0.4) is 0 Å². The molecule has 0 bridgehead atoms. The number of hydrogen-bond acceptors (Lipinski definition) is 8. The number of carbonyl (C=O) groups is 3. The first kappa shape index (κ1) is 29.1. The molecule has 0 spiro atoms. The molecular formula is C30H31N5O5S. The average molecular weight is 574 g/mol. The van der Waals surface area contributed by atoms with Crippen LogP contribution < -0.4 is 31.2 Å². The highest BCUT2D eigenvalue weighted by Crippen LogP contribution is 2.38. The Hall–Kier alpha value is -4.90. The van der Waals surface area contributed by atoms with Crippen molar-refractivity contribution < 1.29 is 23.9 Å². The number of rotatable bonds is 10. The van der Waals surface area contributed by atoms with E-state index >= 15 is 0 Å². The van der Waals surface area contributed by atoms with Crippen LogP contribution in [0, 0.1) is 13.8 Å². The van der Waals surface area contributed by atoms with Crippen LogP contribution in [0.2, 0.25) is 0 Å². The van der Waals surface area contributed by atoms with Gasteiger partial charge in [0.25, 0.3) is 11.8 Å². The summed E-state index contributed by atoms with van der Waals surface area (Å²) >= 11 is 0.749. The highest BCUT2D eigenvalue weighted by atomic mass is 32.1. The first-order chi connectivity index (χ1) is 19.7. The molecule has 3 amide bonds. The third-order valence-corrected chi connectivity index (χ3v) is 7.38. The smallest absolute Gasteiger partial charge is 0.273 e. The summed E-state index contributed by atoms with van der Waals surface area (Å²) in [6.45, 7) is 4.01. The van der Waals surface area contributed by atoms with Crippen molar-refractivity contribution in [1.82, 2.24) is 9.69 Å². The predicted octanol–water partition coefficient (Wildman–Crippen LogP) is 4.16. The standard InChI is InChI=1S/C30H31N5O5S/c1-17-10-12-21(18(2)14-17)35(30(38)27-24(31)25(28(32)36)34-41-27)26(20-11-13-22(39-3)23(15-20)40-4)29(37)33-16-19-8-6-5-7-9-19/h5-15,26H,16,31H2,1-4H3,(H2,32,36)(H,33,37)/t26-/m1/s1. The topological polar surface area (TPSA) is 150 Å². The summed E-state index contributed by atoms with van der Waals surface area (Å²) in [5.74, 6) is -1.08. The second kappa shape index (κ2) is 12.5. The van der Waals surface area contributed by atoms with Gasteiger partial charge in [0.2, 0.25) is 5.91 Å². The number of carbonyl (C=O) groups excluding carboxylic acids is 3. The van der Waals surface area contributed by atoms with Crippen molar-refractivity contribution >= 4 is 40.6 Å². The number of aromatic nitrogens is 1. The minimum atomic E-state index is -1.18. The largest absolute Gasteiger partial charge is 0.493 e. The Morgan fingerprint density at radius 2 is 1.68 bits per heavy atom. The maximum atomic E-state index is 14.3. The summed E-state index contributed by atoms with van der Waals surface area (Å²) in [7, 11) is 3.00. The fraction of sp³-hybridized carbons (Fsp3) is 0.200. The van der Waals surface area contributed by atoms with Crippen molar-refractivity contribution in [2.45, 2.75) is 26.4 Å². The molecule has 11 heteroatoms. The van der Waals surface area contributed by atoms with Gasteiger partial charge in [0, 0.05) is 12.2 Å². The molecule has 0 aliphatic heterocycles. The molecule has 0 unspecified atom stereocenters. The van der Waals surface area contributed by atoms with Gasteiger partial charge >= 0.3 is 0 Å². The van der Waals surface area contributed by atoms with E-state index in [1.54, 1.807) is 24.3 Å². The Balaban J connectivity index is 1.91. The molecule has 0 aliphatic rings. The zero-order chi connectivity index (χ0) is 29.7. The van der Waals surface area contributed by atoms with Crippen molar-refractivity contribution in [3.8, 4) is 11.5 Å². The number of amides is 3. The van der Waals surface area contributed by atoms with Crippen LogP contribution in [0.5, 0.6) is 11.5 Å². The molecule has 0 radical (unpaired) electrons. The summed E-state index contributed by atoms with van der Waals surface area (Å²) < 4.78 is 14.9. The number of methoxy groups -OCH3 is 2. The third-order valence-electron chi connectivity index (χ3n) is 6.53. The molecule has 3 aromatic carbocycles. The van der Waals surface area contributed by atoms with Gasteiger partial charge in [0.05, 0.1) is 19.9 Å². The van der Waals surface area contributed by atoms with Crippen LogP contribution >= 0.6 is 11.5 Å². The molecule has 41 heavy (non-hydrogen) atoms. The van der Waals surface area contributed by atoms with Crippen molar-refractivity contribution in [2.75, 3.05) is 24.9 Å². The number of benzene rings is 3. The normalized spacial score (nSPS) is 11.4. The van der Waals surface area contributed by atoms with Gasteiger partial charge in [-0.1, -0.05) is 54.1 Å². The van der Waals surface area contributed by atoms with E-state index < -0.39 is 23.8 Å². The first-order valence-electron chi connectivity index (χ1n) is 12.7. The number of primary amides is 1. The zero-order valence-corrected chi connectivity index (χ0v) is 24.0. The molecule has 212 valence electrons. The lowest BCUT2D eigenvalue weighted by Crippen LogP contribution is -2.44. The van der Waals surface area contributed by atoms with Gasteiger partial charge in [-0.15, -0.1) is 0 Å². The monoisotopic (exact) mass is 573 g/mol. The summed E-state index contributed by atoms with van der Waals surface area (Å²) in [5.41, 5.74) is 14.8. The van der Waals surface area contributed by atoms with Crippen LogP contribution in [0.25, 0.3) is 0 Å². The zero-order valence-electron chi connectivity index (χ0n) is 23.1. The maximum absolute atomic E-state index is 14.3. The number of nitrogens with one attached hydrogen (secondary N) is 1. The van der Waals surface area contributed by atoms with E-state index in [-0.39, 0.29) is 22.8 Å². The molecule has 1 aromatic heterocycles. The van der Waals surface area contributed by atoms with Gasteiger partial charge in [-0.05, 0) is 60.3 Å². The molecule has 0 saturated heterocycles. The Bertz CT molecular complexity index is 1590. The van der Waals surface area contributed by atoms with Crippen molar-refractivity contribution in [2.24, 2.45) is 5.73 Å². The third kappa shape index (κ3) is 6.15. The quantitative estimate of drug-likeness (QED) is 0.258. The van der Waals surface area contributed by atoms with Gasteiger partial charge in [-0.3, -0.25) is 19.3 Å². The first-order valence-corrected chi connectivity index (χ1v) is 13.4. The van der Waals surface area contributed by atoms with E-state index in [2.05, 4.69) is 9.69 Å². The Morgan fingerprint density at radius 1 is 0.976 bits per heavy atom. The van der Waals surface area contributed by atoms with Crippen molar-refractivity contribution in [3.63, 3.8) is 0 Å². The number of nitrogens with zero attached hydrogens (tertiary/aromatic N) is 2. The predicted molar refractivity (Wildman–Crippen MR) is 158 cm³/mol. The van der Waals surface area contributed by atoms with Crippen LogP contribution in [-0.4, -0.2) is 36.3 Å². The second-order valence-corrected chi connectivity index (χ2v) is 10.1. The Labute approximate surface area is 242 Å². The second-order valence-electron chi connectivity index (χ2n) is 9.32. The van der Waals surface area contributed by atoms with E-state index in [9.17, 15) is 14.4 Å². The van der Waals surface area contributed by atoms with Gasteiger partial charge in [-0.2, -0.15) is 4.37 Å². The van der Waals surface area contributed by atoms with E-state index in [4.69, 9.17) is 20.9 Å². The summed E-state index contributed by atoms with van der Waals surface area (Å²) in [5, 5.41) is 2.97. The molecular weight excluding hydrogens is 542 g/mol. The Kier molecular flexibility index (Phi) is 8.88. The minimum absolute atomic E-state index is 0.0138. The van der Waals surface area contributed by atoms with Crippen LogP contribution in [0.1, 0.15) is 48.5 Å². The van der Waals surface area contributed by atoms with Gasteiger partial charge in [0.1, 0.15) is 10.9 Å². The lowest BCUT2D eigenvalue weighted by molar-refractivity contribution is -0.122. The van der Waals surface area contributed by atoms with Crippen molar-refractivity contribution in [1.29, 1.82) is 0 Å². The van der Waals surface area contributed by atoms with Crippen molar-refractivity contribution in [3.05, 3.63) is 99.6 Å².